The molecule has 6 nitrogen and oxygen atoms in total. The number of amides is 1. The van der Waals surface area contributed by atoms with E-state index >= 15 is 0 Å². The van der Waals surface area contributed by atoms with E-state index in [2.05, 4.69) is 43.2 Å². The van der Waals surface area contributed by atoms with Gasteiger partial charge in [-0.3, -0.25) is 9.36 Å². The molecule has 0 aliphatic carbocycles. The summed E-state index contributed by atoms with van der Waals surface area (Å²) in [6.07, 6.45) is 1.47. The van der Waals surface area contributed by atoms with Crippen molar-refractivity contribution in [1.82, 2.24) is 20.2 Å². The average Bonchev–Trinajstić information content (AvgIpc) is 3.10. The van der Waals surface area contributed by atoms with Gasteiger partial charge < -0.3 is 0 Å². The van der Waals surface area contributed by atoms with Crippen LogP contribution < -0.4 is 5.43 Å². The van der Waals surface area contributed by atoms with Crippen LogP contribution in [0.5, 0.6) is 0 Å². The molecule has 1 amide bonds. The molecule has 0 aliphatic heterocycles. The fraction of sp³-hybridized carbons (Fsp3) is 0.143. The number of nitrogens with one attached hydrogen (secondary N) is 1. The smallest absolute Gasteiger partial charge is 0.250 e. The van der Waals surface area contributed by atoms with Gasteiger partial charge in [-0.15, -0.1) is 10.2 Å². The van der Waals surface area contributed by atoms with Gasteiger partial charge in [0.1, 0.15) is 0 Å². The number of allylic oxidation sites excluding steroid dienone is 1. The normalized spacial score (nSPS) is 11.1. The van der Waals surface area contributed by atoms with Crippen LogP contribution >= 0.6 is 50.9 Å². The van der Waals surface area contributed by atoms with Crippen LogP contribution in [0, 0.1) is 0 Å². The molecule has 1 heterocycles. The van der Waals surface area contributed by atoms with Crippen molar-refractivity contribution in [2.24, 2.45) is 5.10 Å². The number of halogens is 3. The second kappa shape index (κ2) is 10.9. The third kappa shape index (κ3) is 6.67. The molecule has 3 aromatic rings. The molecule has 3 rings (SSSR count). The largest absolute Gasteiger partial charge is 0.298 e. The van der Waals surface area contributed by atoms with E-state index in [-0.39, 0.29) is 11.7 Å². The second-order valence-electron chi connectivity index (χ2n) is 6.60. The minimum Gasteiger partial charge on any atom is -0.298 e. The monoisotopic (exact) mass is 537 g/mol. The molecule has 0 atom stereocenters. The summed E-state index contributed by atoms with van der Waals surface area (Å²) in [5.41, 5.74) is 5.02. The van der Waals surface area contributed by atoms with Crippen LogP contribution in [0.25, 0.3) is 11.4 Å². The number of carbonyl (C=O) groups excluding carboxylic acids is 1. The maximum atomic E-state index is 12.2. The van der Waals surface area contributed by atoms with Crippen LogP contribution in [0.1, 0.15) is 12.5 Å². The van der Waals surface area contributed by atoms with E-state index in [4.69, 9.17) is 23.2 Å². The van der Waals surface area contributed by atoms with Gasteiger partial charge >= 0.3 is 0 Å². The molecule has 0 bridgehead atoms. The first-order valence-electron chi connectivity index (χ1n) is 9.07. The SMILES string of the molecule is C=C(C)Cn1c(SCC(=O)N/N=C\c2ccc(Cl)cc2Cl)nnc1-c1ccc(Br)cc1. The van der Waals surface area contributed by atoms with Gasteiger partial charge in [0.25, 0.3) is 5.91 Å². The first-order valence-corrected chi connectivity index (χ1v) is 11.6. The van der Waals surface area contributed by atoms with Crippen LogP contribution in [0.4, 0.5) is 0 Å². The molecule has 0 spiro atoms. The Kier molecular flexibility index (Phi) is 8.31. The number of carbonyl (C=O) groups is 1. The number of hydrazone groups is 1. The lowest BCUT2D eigenvalue weighted by Gasteiger charge is -2.10. The highest BCUT2D eigenvalue weighted by Gasteiger charge is 2.15. The van der Waals surface area contributed by atoms with Gasteiger partial charge in [0.15, 0.2) is 11.0 Å². The average molecular weight is 539 g/mol. The molecule has 0 radical (unpaired) electrons. The standard InChI is InChI=1S/C21H18BrCl2N5OS/c1-13(2)11-29-20(14-3-6-16(22)7-4-14)27-28-21(29)31-12-19(30)26-25-10-15-5-8-17(23)9-18(15)24/h3-10H,1,11-12H2,2H3,(H,26,30)/b25-10-. The van der Waals surface area contributed by atoms with Gasteiger partial charge in [0.05, 0.1) is 17.0 Å². The Morgan fingerprint density at radius 3 is 2.68 bits per heavy atom. The number of aromatic nitrogens is 3. The second-order valence-corrected chi connectivity index (χ2v) is 9.31. The predicted molar refractivity (Wildman–Crippen MR) is 131 cm³/mol. The summed E-state index contributed by atoms with van der Waals surface area (Å²) in [5, 5.41) is 14.1. The minimum absolute atomic E-state index is 0.125. The third-order valence-electron chi connectivity index (χ3n) is 3.94. The summed E-state index contributed by atoms with van der Waals surface area (Å²) in [4.78, 5) is 12.2. The first kappa shape index (κ1) is 23.5. The molecule has 1 N–H and O–H groups in total. The van der Waals surface area contributed by atoms with E-state index in [0.29, 0.717) is 33.1 Å². The Labute approximate surface area is 202 Å². The highest BCUT2D eigenvalue weighted by atomic mass is 79.9. The zero-order valence-corrected chi connectivity index (χ0v) is 20.4. The Bertz CT molecular complexity index is 1130. The Morgan fingerprint density at radius 1 is 1.26 bits per heavy atom. The summed E-state index contributed by atoms with van der Waals surface area (Å²) in [5.74, 6) is 0.565. The summed E-state index contributed by atoms with van der Waals surface area (Å²) in [6, 6.07) is 12.8. The summed E-state index contributed by atoms with van der Waals surface area (Å²) < 4.78 is 2.93. The van der Waals surface area contributed by atoms with E-state index in [1.807, 2.05) is 35.8 Å². The number of nitrogens with zero attached hydrogens (tertiary/aromatic N) is 4. The molecule has 10 heteroatoms. The van der Waals surface area contributed by atoms with Gasteiger partial charge in [-0.1, -0.05) is 81.2 Å². The molecule has 0 saturated heterocycles. The fourth-order valence-corrected chi connectivity index (χ4v) is 4.01. The third-order valence-corrected chi connectivity index (χ3v) is 5.99. The minimum atomic E-state index is -0.276. The molecule has 1 aromatic heterocycles. The maximum Gasteiger partial charge on any atom is 0.250 e. The van der Waals surface area contributed by atoms with Gasteiger partial charge in [0.2, 0.25) is 0 Å². The van der Waals surface area contributed by atoms with Crippen molar-refractivity contribution in [2.75, 3.05) is 5.75 Å². The molecule has 0 fully saturated rings. The first-order chi connectivity index (χ1) is 14.8. The molecule has 2 aromatic carbocycles. The van der Waals surface area contributed by atoms with Crippen molar-refractivity contribution in [3.63, 3.8) is 0 Å². The molecule has 31 heavy (non-hydrogen) atoms. The van der Waals surface area contributed by atoms with Crippen molar-refractivity contribution in [2.45, 2.75) is 18.6 Å². The van der Waals surface area contributed by atoms with E-state index in [1.165, 1.54) is 18.0 Å². The van der Waals surface area contributed by atoms with E-state index < -0.39 is 0 Å². The summed E-state index contributed by atoms with van der Waals surface area (Å²) in [6.45, 7) is 6.47. The molecule has 0 aliphatic rings. The zero-order chi connectivity index (χ0) is 22.4. The van der Waals surface area contributed by atoms with Crippen LogP contribution in [0.3, 0.4) is 0 Å². The van der Waals surface area contributed by atoms with E-state index in [9.17, 15) is 4.79 Å². The number of thioether (sulfide) groups is 1. The summed E-state index contributed by atoms with van der Waals surface area (Å²) >= 11 is 16.7. The van der Waals surface area contributed by atoms with Crippen LogP contribution in [0.15, 0.2) is 69.3 Å². The summed E-state index contributed by atoms with van der Waals surface area (Å²) in [7, 11) is 0. The fourth-order valence-electron chi connectivity index (χ4n) is 2.56. The van der Waals surface area contributed by atoms with Crippen molar-refractivity contribution >= 4 is 63.0 Å². The van der Waals surface area contributed by atoms with Crippen LogP contribution in [-0.2, 0) is 11.3 Å². The van der Waals surface area contributed by atoms with Gasteiger partial charge in [-0.25, -0.2) is 5.43 Å². The molecule has 160 valence electrons. The lowest BCUT2D eigenvalue weighted by Crippen LogP contribution is -2.20. The maximum absolute atomic E-state index is 12.2. The van der Waals surface area contributed by atoms with E-state index in [0.717, 1.165) is 15.6 Å². The molecule has 0 saturated carbocycles. The zero-order valence-electron chi connectivity index (χ0n) is 16.5. The van der Waals surface area contributed by atoms with Crippen molar-refractivity contribution in [3.05, 3.63) is 74.7 Å². The number of benzene rings is 2. The molecular weight excluding hydrogens is 521 g/mol. The van der Waals surface area contributed by atoms with Gasteiger partial charge in [0, 0.05) is 27.2 Å². The molecule has 0 unspecified atom stereocenters. The van der Waals surface area contributed by atoms with E-state index in [1.54, 1.807) is 18.2 Å². The van der Waals surface area contributed by atoms with Crippen molar-refractivity contribution in [3.8, 4) is 11.4 Å². The number of hydrogen-bond acceptors (Lipinski definition) is 5. The van der Waals surface area contributed by atoms with Gasteiger partial charge in [-0.2, -0.15) is 5.10 Å². The van der Waals surface area contributed by atoms with Crippen molar-refractivity contribution in [1.29, 1.82) is 0 Å². The van der Waals surface area contributed by atoms with Crippen molar-refractivity contribution < 1.29 is 4.79 Å². The number of hydrogen-bond donors (Lipinski definition) is 1. The lowest BCUT2D eigenvalue weighted by atomic mass is 10.2. The Morgan fingerprint density at radius 2 is 2.00 bits per heavy atom. The van der Waals surface area contributed by atoms with Crippen LogP contribution in [-0.4, -0.2) is 32.6 Å². The Balaban J connectivity index is 1.66. The highest BCUT2D eigenvalue weighted by molar-refractivity contribution is 9.10. The Hall–Kier alpha value is -2.13. The van der Waals surface area contributed by atoms with Crippen LogP contribution in [0.2, 0.25) is 10.0 Å². The highest BCUT2D eigenvalue weighted by Crippen LogP contribution is 2.26. The van der Waals surface area contributed by atoms with Gasteiger partial charge in [-0.05, 0) is 31.2 Å². The number of rotatable bonds is 8. The lowest BCUT2D eigenvalue weighted by molar-refractivity contribution is -0.118. The molecular formula is C21H18BrCl2N5OS. The quantitative estimate of drug-likeness (QED) is 0.169. The topological polar surface area (TPSA) is 72.2 Å². The predicted octanol–water partition coefficient (Wildman–Crippen LogP) is 5.83.